The number of piperidine rings is 2. The summed E-state index contributed by atoms with van der Waals surface area (Å²) in [4.78, 5) is 8.16. The maximum absolute atomic E-state index is 2.83. The van der Waals surface area contributed by atoms with Crippen LogP contribution >= 0.6 is 0 Å². The molecule has 0 spiro atoms. The van der Waals surface area contributed by atoms with Crippen LogP contribution in [0.4, 0.5) is 0 Å². The molecule has 0 aromatic rings. The van der Waals surface area contributed by atoms with E-state index in [1.807, 2.05) is 0 Å². The van der Waals surface area contributed by atoms with Crippen LogP contribution in [0.2, 0.25) is 0 Å². The van der Waals surface area contributed by atoms with Gasteiger partial charge in [0.2, 0.25) is 0 Å². The Kier molecular flexibility index (Phi) is 5.36. The molecule has 0 atom stereocenters. The summed E-state index contributed by atoms with van der Waals surface area (Å²) in [6.45, 7) is 22.1. The summed E-state index contributed by atoms with van der Waals surface area (Å²) >= 11 is 0. The number of rotatable bonds is 2. The van der Waals surface area contributed by atoms with Gasteiger partial charge in [-0.25, -0.2) is 0 Å². The van der Waals surface area contributed by atoms with E-state index in [0.29, 0.717) is 11.1 Å². The first-order valence-corrected chi connectivity index (χ1v) is 10.4. The molecular formula is C21H41N3. The van der Waals surface area contributed by atoms with Crippen LogP contribution in [0.5, 0.6) is 0 Å². The highest BCUT2D eigenvalue weighted by atomic mass is 15.3. The largest absolute Gasteiger partial charge is 0.300 e. The lowest BCUT2D eigenvalue weighted by Crippen LogP contribution is -2.59. The first-order valence-electron chi connectivity index (χ1n) is 10.4. The molecule has 0 N–H and O–H groups in total. The minimum absolute atomic E-state index is 0.348. The quantitative estimate of drug-likeness (QED) is 0.762. The van der Waals surface area contributed by atoms with Crippen LogP contribution < -0.4 is 0 Å². The molecule has 0 amide bonds. The van der Waals surface area contributed by atoms with Crippen LogP contribution in [0, 0.1) is 11.8 Å². The van der Waals surface area contributed by atoms with E-state index in [0.717, 1.165) is 17.9 Å². The first kappa shape index (κ1) is 18.7. The average molecular weight is 336 g/mol. The van der Waals surface area contributed by atoms with E-state index in [2.05, 4.69) is 56.2 Å². The Labute approximate surface area is 150 Å². The maximum atomic E-state index is 2.83. The molecule has 3 heteroatoms. The summed E-state index contributed by atoms with van der Waals surface area (Å²) in [5.41, 5.74) is 0.722. The number of nitrogens with zero attached hydrogens (tertiary/aromatic N) is 3. The highest BCUT2D eigenvalue weighted by Gasteiger charge is 2.40. The molecular weight excluding hydrogens is 294 g/mol. The second kappa shape index (κ2) is 6.89. The molecule has 3 rings (SSSR count). The van der Waals surface area contributed by atoms with Gasteiger partial charge in [-0.1, -0.05) is 0 Å². The Morgan fingerprint density at radius 1 is 0.583 bits per heavy atom. The van der Waals surface area contributed by atoms with Crippen LogP contribution in [0.25, 0.3) is 0 Å². The Balaban J connectivity index is 1.39. The van der Waals surface area contributed by atoms with Crippen LogP contribution in [-0.2, 0) is 0 Å². The monoisotopic (exact) mass is 335 g/mol. The van der Waals surface area contributed by atoms with Crippen molar-refractivity contribution in [2.45, 2.75) is 84.3 Å². The van der Waals surface area contributed by atoms with E-state index in [1.165, 1.54) is 65.0 Å². The molecule has 140 valence electrons. The molecule has 3 nitrogen and oxygen atoms in total. The molecule has 24 heavy (non-hydrogen) atoms. The standard InChI is InChI=1S/C21H41N3/c1-20(2,3)23-13-9-19(10-14-23)22-11-7-17(8-12-22)18-15-24(16-18)21(4,5)6/h17-19H,7-16H2,1-6H3. The fourth-order valence-electron chi connectivity index (χ4n) is 5.02. The van der Waals surface area contributed by atoms with E-state index in [4.69, 9.17) is 0 Å². The normalized spacial score (nSPS) is 28.2. The minimum Gasteiger partial charge on any atom is -0.300 e. The number of hydrogen-bond donors (Lipinski definition) is 0. The number of hydrogen-bond acceptors (Lipinski definition) is 3. The molecule has 0 radical (unpaired) electrons. The van der Waals surface area contributed by atoms with Gasteiger partial charge < -0.3 is 4.90 Å². The van der Waals surface area contributed by atoms with Crippen LogP contribution in [0.15, 0.2) is 0 Å². The highest BCUT2D eigenvalue weighted by Crippen LogP contribution is 2.36. The summed E-state index contributed by atoms with van der Waals surface area (Å²) < 4.78 is 0. The molecule has 0 bridgehead atoms. The Bertz CT molecular complexity index is 398. The Morgan fingerprint density at radius 3 is 1.54 bits per heavy atom. The van der Waals surface area contributed by atoms with E-state index in [9.17, 15) is 0 Å². The van der Waals surface area contributed by atoms with Crippen molar-refractivity contribution < 1.29 is 0 Å². The van der Waals surface area contributed by atoms with Gasteiger partial charge in [-0.15, -0.1) is 0 Å². The fourth-order valence-corrected chi connectivity index (χ4v) is 5.02. The summed E-state index contributed by atoms with van der Waals surface area (Å²) in [7, 11) is 0. The second-order valence-electron chi connectivity index (χ2n) is 10.6. The van der Waals surface area contributed by atoms with Crippen molar-refractivity contribution in [1.29, 1.82) is 0 Å². The zero-order chi connectivity index (χ0) is 17.5. The lowest BCUT2D eigenvalue weighted by molar-refractivity contribution is -0.0345. The molecule has 3 fully saturated rings. The Morgan fingerprint density at radius 2 is 1.08 bits per heavy atom. The van der Waals surface area contributed by atoms with Gasteiger partial charge in [0.15, 0.2) is 0 Å². The van der Waals surface area contributed by atoms with Gasteiger partial charge in [0, 0.05) is 43.3 Å². The predicted molar refractivity (Wildman–Crippen MR) is 103 cm³/mol. The molecule has 0 saturated carbocycles. The van der Waals surface area contributed by atoms with Gasteiger partial charge in [0.25, 0.3) is 0 Å². The zero-order valence-corrected chi connectivity index (χ0v) is 17.1. The molecule has 3 saturated heterocycles. The topological polar surface area (TPSA) is 9.72 Å². The van der Waals surface area contributed by atoms with Crippen molar-refractivity contribution in [3.8, 4) is 0 Å². The summed E-state index contributed by atoms with van der Waals surface area (Å²) in [6, 6.07) is 0.858. The SMILES string of the molecule is CC(C)(C)N1CCC(N2CCC(C3CN(C(C)(C)C)C3)CC2)CC1. The van der Waals surface area contributed by atoms with E-state index >= 15 is 0 Å². The van der Waals surface area contributed by atoms with Gasteiger partial charge in [-0.2, -0.15) is 0 Å². The van der Waals surface area contributed by atoms with Crippen molar-refractivity contribution in [1.82, 2.24) is 14.7 Å². The van der Waals surface area contributed by atoms with Crippen molar-refractivity contribution in [3.63, 3.8) is 0 Å². The first-order chi connectivity index (χ1) is 11.1. The summed E-state index contributed by atoms with van der Waals surface area (Å²) in [5.74, 6) is 1.98. The predicted octanol–water partition coefficient (Wildman–Crippen LogP) is 3.69. The minimum atomic E-state index is 0.348. The van der Waals surface area contributed by atoms with Crippen molar-refractivity contribution >= 4 is 0 Å². The van der Waals surface area contributed by atoms with Crippen molar-refractivity contribution in [2.24, 2.45) is 11.8 Å². The molecule has 3 heterocycles. The lowest BCUT2D eigenvalue weighted by Gasteiger charge is -2.52. The van der Waals surface area contributed by atoms with Crippen LogP contribution in [0.3, 0.4) is 0 Å². The van der Waals surface area contributed by atoms with Gasteiger partial charge in [-0.3, -0.25) is 9.80 Å². The summed E-state index contributed by atoms with van der Waals surface area (Å²) in [5, 5.41) is 0. The summed E-state index contributed by atoms with van der Waals surface area (Å²) in [6.07, 6.45) is 5.65. The smallest absolute Gasteiger partial charge is 0.0125 e. The second-order valence-corrected chi connectivity index (χ2v) is 10.6. The lowest BCUT2D eigenvalue weighted by atomic mass is 9.77. The van der Waals surface area contributed by atoms with Crippen LogP contribution in [-0.4, -0.2) is 71.1 Å². The Hall–Kier alpha value is -0.120. The molecule has 0 aliphatic carbocycles. The third-order valence-electron chi connectivity index (χ3n) is 7.03. The zero-order valence-electron chi connectivity index (χ0n) is 17.1. The fraction of sp³-hybridized carbons (Fsp3) is 1.00. The van der Waals surface area contributed by atoms with Gasteiger partial charge in [0.1, 0.15) is 0 Å². The van der Waals surface area contributed by atoms with E-state index < -0.39 is 0 Å². The molecule has 0 aromatic carbocycles. The average Bonchev–Trinajstić information content (AvgIpc) is 2.44. The molecule has 3 aliphatic rings. The number of likely N-dealkylation sites (tertiary alicyclic amines) is 3. The van der Waals surface area contributed by atoms with Crippen molar-refractivity contribution in [2.75, 3.05) is 39.3 Å². The third-order valence-corrected chi connectivity index (χ3v) is 7.03. The van der Waals surface area contributed by atoms with Gasteiger partial charge >= 0.3 is 0 Å². The van der Waals surface area contributed by atoms with E-state index in [-0.39, 0.29) is 0 Å². The maximum Gasteiger partial charge on any atom is 0.0125 e. The van der Waals surface area contributed by atoms with Crippen LogP contribution in [0.1, 0.15) is 67.2 Å². The molecule has 3 aliphatic heterocycles. The molecule has 0 aromatic heterocycles. The third kappa shape index (κ3) is 4.16. The molecule has 0 unspecified atom stereocenters. The van der Waals surface area contributed by atoms with Gasteiger partial charge in [0.05, 0.1) is 0 Å². The van der Waals surface area contributed by atoms with Crippen molar-refractivity contribution in [3.05, 3.63) is 0 Å². The highest BCUT2D eigenvalue weighted by molar-refractivity contribution is 4.94. The van der Waals surface area contributed by atoms with E-state index in [1.54, 1.807) is 0 Å². The van der Waals surface area contributed by atoms with Gasteiger partial charge in [-0.05, 0) is 92.2 Å².